The Balaban J connectivity index is 2.73. The van der Waals surface area contributed by atoms with Gasteiger partial charge in [0.2, 0.25) is 0 Å². The van der Waals surface area contributed by atoms with E-state index in [1.54, 1.807) is 6.08 Å². The molecule has 0 saturated carbocycles. The minimum atomic E-state index is -0.422. The molecule has 1 fully saturated rings. The molecule has 0 bridgehead atoms. The van der Waals surface area contributed by atoms with E-state index >= 15 is 0 Å². The van der Waals surface area contributed by atoms with Crippen LogP contribution in [0.15, 0.2) is 12.7 Å². The number of piperidine rings is 1. The molecule has 1 heterocycles. The van der Waals surface area contributed by atoms with Crippen LogP contribution in [0.4, 0.5) is 0 Å². The van der Waals surface area contributed by atoms with Crippen LogP contribution in [-0.2, 0) is 4.79 Å². The first-order valence-electron chi connectivity index (χ1n) is 4.22. The predicted molar refractivity (Wildman–Crippen MR) is 45.7 cm³/mol. The van der Waals surface area contributed by atoms with Gasteiger partial charge in [-0.3, -0.25) is 10.0 Å². The lowest BCUT2D eigenvalue weighted by Crippen LogP contribution is -2.45. The van der Waals surface area contributed by atoms with Gasteiger partial charge in [0.05, 0.1) is 5.41 Å². The van der Waals surface area contributed by atoms with Gasteiger partial charge < -0.3 is 0 Å². The molecule has 1 saturated heterocycles. The van der Waals surface area contributed by atoms with Gasteiger partial charge in [0.15, 0.2) is 0 Å². The average Bonchev–Trinajstić information content (AvgIpc) is 2.01. The topological polar surface area (TPSA) is 40.5 Å². The summed E-state index contributed by atoms with van der Waals surface area (Å²) in [5.74, 6) is -0.173. The fourth-order valence-electron chi connectivity index (χ4n) is 1.65. The maximum Gasteiger partial charge on any atom is 0.252 e. The third kappa shape index (κ3) is 1.50. The van der Waals surface area contributed by atoms with Crippen molar-refractivity contribution >= 4 is 5.91 Å². The Morgan fingerprint density at radius 3 is 3.08 bits per heavy atom. The molecule has 1 aliphatic heterocycles. The quantitative estimate of drug-likeness (QED) is 0.503. The normalized spacial score (nSPS) is 30.5. The van der Waals surface area contributed by atoms with Gasteiger partial charge in [0.25, 0.3) is 5.91 Å². The van der Waals surface area contributed by atoms with Crippen LogP contribution >= 0.6 is 0 Å². The van der Waals surface area contributed by atoms with Crippen molar-refractivity contribution in [2.75, 3.05) is 6.54 Å². The maximum atomic E-state index is 11.5. The van der Waals surface area contributed by atoms with Crippen molar-refractivity contribution in [1.82, 2.24) is 5.06 Å². The zero-order valence-electron chi connectivity index (χ0n) is 7.42. The Morgan fingerprint density at radius 1 is 1.83 bits per heavy atom. The lowest BCUT2D eigenvalue weighted by atomic mass is 9.79. The van der Waals surface area contributed by atoms with E-state index in [0.717, 1.165) is 17.9 Å². The number of nitrogens with zero attached hydrogens (tertiary/aromatic N) is 1. The summed E-state index contributed by atoms with van der Waals surface area (Å²) in [6.45, 7) is 5.95. The van der Waals surface area contributed by atoms with Crippen LogP contribution in [0.3, 0.4) is 0 Å². The molecule has 1 atom stereocenters. The summed E-state index contributed by atoms with van der Waals surface area (Å²) >= 11 is 0. The highest BCUT2D eigenvalue weighted by molar-refractivity contribution is 5.82. The number of allylic oxidation sites excluding steroid dienone is 1. The summed E-state index contributed by atoms with van der Waals surface area (Å²) in [5, 5.41) is 10.0. The van der Waals surface area contributed by atoms with Crippen molar-refractivity contribution in [1.29, 1.82) is 0 Å². The number of carbonyl (C=O) groups is 1. The number of hydrogen-bond acceptors (Lipinski definition) is 2. The summed E-state index contributed by atoms with van der Waals surface area (Å²) < 4.78 is 0. The highest BCUT2D eigenvalue weighted by atomic mass is 16.5. The summed E-state index contributed by atoms with van der Waals surface area (Å²) in [6, 6.07) is 0. The van der Waals surface area contributed by atoms with Crippen molar-refractivity contribution in [2.45, 2.75) is 26.2 Å². The van der Waals surface area contributed by atoms with Crippen LogP contribution in [0, 0.1) is 5.41 Å². The second kappa shape index (κ2) is 3.27. The maximum absolute atomic E-state index is 11.5. The number of amides is 1. The van der Waals surface area contributed by atoms with E-state index in [4.69, 9.17) is 0 Å². The zero-order chi connectivity index (χ0) is 9.19. The molecule has 68 valence electrons. The first-order chi connectivity index (χ1) is 5.60. The van der Waals surface area contributed by atoms with Gasteiger partial charge in [-0.05, 0) is 19.3 Å². The third-order valence-corrected chi connectivity index (χ3v) is 2.44. The van der Waals surface area contributed by atoms with Gasteiger partial charge in [-0.2, -0.15) is 0 Å². The number of carbonyl (C=O) groups excluding carboxylic acids is 1. The first-order valence-corrected chi connectivity index (χ1v) is 4.22. The van der Waals surface area contributed by atoms with Crippen LogP contribution in [0.2, 0.25) is 0 Å². The van der Waals surface area contributed by atoms with Gasteiger partial charge in [-0.1, -0.05) is 13.0 Å². The van der Waals surface area contributed by atoms with Crippen molar-refractivity contribution in [3.05, 3.63) is 12.7 Å². The summed E-state index contributed by atoms with van der Waals surface area (Å²) in [5.41, 5.74) is -0.422. The predicted octanol–water partition coefficient (Wildman–Crippen LogP) is 1.58. The summed E-state index contributed by atoms with van der Waals surface area (Å²) in [7, 11) is 0. The molecule has 0 spiro atoms. The Labute approximate surface area is 72.6 Å². The van der Waals surface area contributed by atoms with E-state index in [1.807, 2.05) is 6.92 Å². The molecular weight excluding hydrogens is 154 g/mol. The number of rotatable bonds is 2. The molecule has 1 rings (SSSR count). The highest BCUT2D eigenvalue weighted by Gasteiger charge is 2.38. The summed E-state index contributed by atoms with van der Waals surface area (Å²) in [4.78, 5) is 11.5. The molecule has 0 aromatic rings. The molecule has 12 heavy (non-hydrogen) atoms. The first kappa shape index (κ1) is 9.26. The van der Waals surface area contributed by atoms with Crippen molar-refractivity contribution in [2.24, 2.45) is 5.41 Å². The second-order valence-corrected chi connectivity index (χ2v) is 3.59. The van der Waals surface area contributed by atoms with Crippen molar-refractivity contribution in [3.63, 3.8) is 0 Å². The SMILES string of the molecule is C=CCC1(C)CCCN(O)C1=O. The molecule has 0 aliphatic carbocycles. The van der Waals surface area contributed by atoms with Crippen molar-refractivity contribution < 1.29 is 10.0 Å². The van der Waals surface area contributed by atoms with Gasteiger partial charge >= 0.3 is 0 Å². The lowest BCUT2D eigenvalue weighted by Gasteiger charge is -2.35. The molecule has 0 aromatic carbocycles. The van der Waals surface area contributed by atoms with E-state index in [1.165, 1.54) is 0 Å². The lowest BCUT2D eigenvalue weighted by molar-refractivity contribution is -0.183. The number of hydrogen-bond donors (Lipinski definition) is 1. The standard InChI is InChI=1S/C9H15NO2/c1-3-5-9(2)6-4-7-10(12)8(9)11/h3,12H,1,4-7H2,2H3. The molecule has 3 nitrogen and oxygen atoms in total. The molecule has 0 radical (unpaired) electrons. The smallest absolute Gasteiger partial charge is 0.252 e. The van der Waals surface area contributed by atoms with E-state index < -0.39 is 5.41 Å². The molecule has 0 aromatic heterocycles. The van der Waals surface area contributed by atoms with Gasteiger partial charge in [-0.15, -0.1) is 6.58 Å². The molecule has 3 heteroatoms. The minimum Gasteiger partial charge on any atom is -0.286 e. The molecule has 1 unspecified atom stereocenters. The highest BCUT2D eigenvalue weighted by Crippen LogP contribution is 2.33. The number of hydroxylamine groups is 2. The van der Waals surface area contributed by atoms with Crippen LogP contribution < -0.4 is 0 Å². The van der Waals surface area contributed by atoms with Gasteiger partial charge in [0, 0.05) is 6.54 Å². The minimum absolute atomic E-state index is 0.173. The second-order valence-electron chi connectivity index (χ2n) is 3.59. The fourth-order valence-corrected chi connectivity index (χ4v) is 1.65. The van der Waals surface area contributed by atoms with E-state index in [2.05, 4.69) is 6.58 Å². The molecule has 1 N–H and O–H groups in total. The molecular formula is C9H15NO2. The van der Waals surface area contributed by atoms with Crippen molar-refractivity contribution in [3.8, 4) is 0 Å². The average molecular weight is 169 g/mol. The van der Waals surface area contributed by atoms with Gasteiger partial charge in [-0.25, -0.2) is 5.06 Å². The van der Waals surface area contributed by atoms with Crippen LogP contribution in [0.5, 0.6) is 0 Å². The Morgan fingerprint density at radius 2 is 2.50 bits per heavy atom. The van der Waals surface area contributed by atoms with Crippen LogP contribution in [-0.4, -0.2) is 22.7 Å². The largest absolute Gasteiger partial charge is 0.286 e. The van der Waals surface area contributed by atoms with E-state index in [-0.39, 0.29) is 5.91 Å². The monoisotopic (exact) mass is 169 g/mol. The van der Waals surface area contributed by atoms with Gasteiger partial charge in [0.1, 0.15) is 0 Å². The third-order valence-electron chi connectivity index (χ3n) is 2.44. The molecule has 1 aliphatic rings. The zero-order valence-corrected chi connectivity index (χ0v) is 7.42. The van der Waals surface area contributed by atoms with E-state index in [0.29, 0.717) is 13.0 Å². The van der Waals surface area contributed by atoms with Crippen LogP contribution in [0.25, 0.3) is 0 Å². The van der Waals surface area contributed by atoms with Crippen LogP contribution in [0.1, 0.15) is 26.2 Å². The van der Waals surface area contributed by atoms with E-state index in [9.17, 15) is 10.0 Å². The Bertz CT molecular complexity index is 203. The Hall–Kier alpha value is -0.830. The Kier molecular flexibility index (Phi) is 2.52. The fraction of sp³-hybridized carbons (Fsp3) is 0.667. The summed E-state index contributed by atoms with van der Waals surface area (Å²) in [6.07, 6.45) is 4.08. The molecule has 1 amide bonds.